The first-order chi connectivity index (χ1) is 17.7. The first-order valence-corrected chi connectivity index (χ1v) is 12.0. The van der Waals surface area contributed by atoms with Crippen molar-refractivity contribution in [2.24, 2.45) is 5.92 Å². The molecule has 2 aromatic heterocycles. The van der Waals surface area contributed by atoms with E-state index in [1.807, 2.05) is 13.0 Å². The third-order valence-corrected chi connectivity index (χ3v) is 7.00. The zero-order valence-electron chi connectivity index (χ0n) is 20.1. The Morgan fingerprint density at radius 3 is 2.86 bits per heavy atom. The number of anilines is 1. The van der Waals surface area contributed by atoms with Crippen LogP contribution in [0.4, 0.5) is 18.9 Å². The van der Waals surface area contributed by atoms with Gasteiger partial charge in [-0.15, -0.1) is 0 Å². The minimum Gasteiger partial charge on any atom is -0.475 e. The van der Waals surface area contributed by atoms with Gasteiger partial charge in [0.2, 0.25) is 5.88 Å². The van der Waals surface area contributed by atoms with E-state index < -0.39 is 17.6 Å². The molecule has 1 saturated heterocycles. The standard InChI is InChI=1S/C27H26F3N3O4/c1-16-22(12-21(14-31-16)32-25(35)17-3-2-4-19(9-17)27(28,29)30)18-10-23(33-24(11-18)37-8-6-34)26-5-7-36-15-20(26)13-26/h2-4,9-12,14,20,34H,5-8,13,15H2,1H3,(H,32,35). The van der Waals surface area contributed by atoms with Crippen LogP contribution < -0.4 is 10.1 Å². The molecule has 5 rings (SSSR count). The molecule has 2 aliphatic rings. The fraction of sp³-hybridized carbons (Fsp3) is 0.370. The molecule has 3 aromatic rings. The van der Waals surface area contributed by atoms with Crippen LogP contribution in [0, 0.1) is 12.8 Å². The third-order valence-electron chi connectivity index (χ3n) is 7.00. The van der Waals surface area contributed by atoms with E-state index in [4.69, 9.17) is 14.5 Å². The number of nitrogens with zero attached hydrogens (tertiary/aromatic N) is 2. The number of hydrogen-bond donors (Lipinski definition) is 2. The van der Waals surface area contributed by atoms with Crippen molar-refractivity contribution in [2.75, 3.05) is 31.7 Å². The van der Waals surface area contributed by atoms with E-state index in [2.05, 4.69) is 10.3 Å². The van der Waals surface area contributed by atoms with E-state index in [0.29, 0.717) is 36.4 Å². The van der Waals surface area contributed by atoms with Crippen molar-refractivity contribution in [2.45, 2.75) is 31.4 Å². The van der Waals surface area contributed by atoms with Gasteiger partial charge in [0.1, 0.15) is 6.61 Å². The summed E-state index contributed by atoms with van der Waals surface area (Å²) in [5.74, 6) is 0.102. The van der Waals surface area contributed by atoms with Gasteiger partial charge in [0.05, 0.1) is 36.4 Å². The molecule has 2 N–H and O–H groups in total. The minimum absolute atomic E-state index is 0.0672. The lowest BCUT2D eigenvalue weighted by Gasteiger charge is -2.23. The van der Waals surface area contributed by atoms with Crippen LogP contribution in [0.5, 0.6) is 5.88 Å². The van der Waals surface area contributed by atoms with Gasteiger partial charge in [-0.05, 0) is 61.6 Å². The van der Waals surface area contributed by atoms with Crippen molar-refractivity contribution in [3.8, 4) is 17.0 Å². The van der Waals surface area contributed by atoms with Gasteiger partial charge in [-0.3, -0.25) is 9.78 Å². The molecule has 1 saturated carbocycles. The number of benzene rings is 1. The average Bonchev–Trinajstić information content (AvgIpc) is 3.64. The number of rotatable bonds is 7. The van der Waals surface area contributed by atoms with Crippen LogP contribution in [0.3, 0.4) is 0 Å². The van der Waals surface area contributed by atoms with Gasteiger partial charge in [0.25, 0.3) is 5.91 Å². The Hall–Kier alpha value is -3.50. The van der Waals surface area contributed by atoms with Gasteiger partial charge >= 0.3 is 6.18 Å². The second-order valence-electron chi connectivity index (χ2n) is 9.42. The molecule has 1 amide bonds. The van der Waals surface area contributed by atoms with Crippen molar-refractivity contribution in [1.82, 2.24) is 9.97 Å². The van der Waals surface area contributed by atoms with Gasteiger partial charge in [-0.1, -0.05) is 6.07 Å². The molecule has 0 spiro atoms. The number of fused-ring (bicyclic) bond motifs is 1. The average molecular weight is 514 g/mol. The molecule has 3 heterocycles. The molecule has 1 aliphatic heterocycles. The summed E-state index contributed by atoms with van der Waals surface area (Å²) < 4.78 is 50.5. The molecule has 2 fully saturated rings. The summed E-state index contributed by atoms with van der Waals surface area (Å²) in [4.78, 5) is 21.9. The van der Waals surface area contributed by atoms with Crippen molar-refractivity contribution in [3.63, 3.8) is 0 Å². The predicted octanol–water partition coefficient (Wildman–Crippen LogP) is 4.77. The number of ether oxygens (including phenoxy) is 2. The Labute approximate surface area is 211 Å². The predicted molar refractivity (Wildman–Crippen MR) is 129 cm³/mol. The Balaban J connectivity index is 1.46. The van der Waals surface area contributed by atoms with Gasteiger partial charge in [-0.2, -0.15) is 13.2 Å². The van der Waals surface area contributed by atoms with Crippen molar-refractivity contribution in [3.05, 3.63) is 71.2 Å². The highest BCUT2D eigenvalue weighted by atomic mass is 19.4. The number of carbonyl (C=O) groups is 1. The fourth-order valence-corrected chi connectivity index (χ4v) is 4.90. The second kappa shape index (κ2) is 9.75. The fourth-order valence-electron chi connectivity index (χ4n) is 4.90. The number of pyridine rings is 2. The molecule has 7 nitrogen and oxygen atoms in total. The molecule has 0 radical (unpaired) electrons. The Bertz CT molecular complexity index is 1330. The van der Waals surface area contributed by atoms with Crippen LogP contribution >= 0.6 is 0 Å². The number of aliphatic hydroxyl groups excluding tert-OH is 1. The molecule has 2 atom stereocenters. The molecule has 194 valence electrons. The Morgan fingerprint density at radius 1 is 1.27 bits per heavy atom. The van der Waals surface area contributed by atoms with E-state index in [1.165, 1.54) is 18.3 Å². The first-order valence-electron chi connectivity index (χ1n) is 12.0. The van der Waals surface area contributed by atoms with Crippen LogP contribution in [0.25, 0.3) is 11.1 Å². The van der Waals surface area contributed by atoms with Gasteiger partial charge in [0, 0.05) is 34.9 Å². The number of halogens is 3. The van der Waals surface area contributed by atoms with E-state index in [-0.39, 0.29) is 24.2 Å². The van der Waals surface area contributed by atoms with Gasteiger partial charge in [-0.25, -0.2) is 4.98 Å². The number of hydrogen-bond acceptors (Lipinski definition) is 6. The van der Waals surface area contributed by atoms with Gasteiger partial charge in [0.15, 0.2) is 0 Å². The maximum Gasteiger partial charge on any atom is 0.416 e. The minimum atomic E-state index is -4.55. The Kier molecular flexibility index (Phi) is 6.63. The molecule has 37 heavy (non-hydrogen) atoms. The number of aromatic nitrogens is 2. The van der Waals surface area contributed by atoms with Crippen LogP contribution in [-0.4, -0.2) is 47.4 Å². The molecule has 1 aliphatic carbocycles. The molecule has 10 heteroatoms. The van der Waals surface area contributed by atoms with Crippen LogP contribution in [-0.2, 0) is 16.3 Å². The number of aryl methyl sites for hydroxylation is 1. The summed E-state index contributed by atoms with van der Waals surface area (Å²) in [5.41, 5.74) is 2.36. The van der Waals surface area contributed by atoms with Crippen LogP contribution in [0.1, 0.15) is 40.2 Å². The van der Waals surface area contributed by atoms with Crippen LogP contribution in [0.2, 0.25) is 0 Å². The quantitative estimate of drug-likeness (QED) is 0.473. The van der Waals surface area contributed by atoms with Gasteiger partial charge < -0.3 is 19.9 Å². The highest BCUT2D eigenvalue weighted by Crippen LogP contribution is 2.58. The summed E-state index contributed by atoms with van der Waals surface area (Å²) in [5, 5.41) is 11.9. The molecular weight excluding hydrogens is 487 g/mol. The topological polar surface area (TPSA) is 93.6 Å². The van der Waals surface area contributed by atoms with Crippen molar-refractivity contribution in [1.29, 1.82) is 0 Å². The number of nitrogens with one attached hydrogen (secondary N) is 1. The normalized spacial score (nSPS) is 20.7. The maximum atomic E-state index is 13.1. The number of carbonyl (C=O) groups excluding carboxylic acids is 1. The summed E-state index contributed by atoms with van der Waals surface area (Å²) in [7, 11) is 0. The number of alkyl halides is 3. The van der Waals surface area contributed by atoms with E-state index >= 15 is 0 Å². The first kappa shape index (κ1) is 25.2. The lowest BCUT2D eigenvalue weighted by molar-refractivity contribution is -0.137. The maximum absolute atomic E-state index is 13.1. The second-order valence-corrected chi connectivity index (χ2v) is 9.42. The van der Waals surface area contributed by atoms with E-state index in [1.54, 1.807) is 12.1 Å². The summed E-state index contributed by atoms with van der Waals surface area (Å²) >= 11 is 0. The largest absolute Gasteiger partial charge is 0.475 e. The Morgan fingerprint density at radius 2 is 2.11 bits per heavy atom. The smallest absolute Gasteiger partial charge is 0.416 e. The number of aliphatic hydroxyl groups is 1. The lowest BCUT2D eigenvalue weighted by Crippen LogP contribution is -2.23. The van der Waals surface area contributed by atoms with Crippen molar-refractivity contribution >= 4 is 11.6 Å². The summed E-state index contributed by atoms with van der Waals surface area (Å²) in [6.07, 6.45) is -1.25. The summed E-state index contributed by atoms with van der Waals surface area (Å²) in [6.45, 7) is 3.12. The van der Waals surface area contributed by atoms with E-state index in [9.17, 15) is 23.1 Å². The zero-order chi connectivity index (χ0) is 26.2. The molecular formula is C27H26F3N3O4. The third kappa shape index (κ3) is 5.17. The lowest BCUT2D eigenvalue weighted by atomic mass is 9.91. The van der Waals surface area contributed by atoms with Crippen LogP contribution in [0.15, 0.2) is 48.7 Å². The zero-order valence-corrected chi connectivity index (χ0v) is 20.1. The van der Waals surface area contributed by atoms with Crippen molar-refractivity contribution < 1.29 is 32.5 Å². The summed E-state index contributed by atoms with van der Waals surface area (Å²) in [6, 6.07) is 9.75. The number of amides is 1. The highest BCUT2D eigenvalue weighted by Gasteiger charge is 2.57. The molecule has 2 unspecified atom stereocenters. The molecule has 0 bridgehead atoms. The van der Waals surface area contributed by atoms with E-state index in [0.717, 1.165) is 41.8 Å². The monoisotopic (exact) mass is 513 g/mol. The SMILES string of the molecule is Cc1ncc(NC(=O)c2cccc(C(F)(F)F)c2)cc1-c1cc(OCCO)nc(C23CCOCC2C3)c1. The highest BCUT2D eigenvalue weighted by molar-refractivity contribution is 6.04. The molecule has 1 aromatic carbocycles.